The molecule has 1 unspecified atom stereocenters. The van der Waals surface area contributed by atoms with Gasteiger partial charge in [-0.25, -0.2) is 0 Å². The molecule has 0 spiro atoms. The molecule has 1 nitrogen and oxygen atoms in total. The molecule has 1 heteroatoms. The van der Waals surface area contributed by atoms with Crippen molar-refractivity contribution < 1.29 is 4.74 Å². The molecule has 0 aliphatic carbocycles. The van der Waals surface area contributed by atoms with Gasteiger partial charge in [0.05, 0.1) is 6.61 Å². The van der Waals surface area contributed by atoms with Crippen molar-refractivity contribution in [2.75, 3.05) is 6.61 Å². The van der Waals surface area contributed by atoms with Crippen molar-refractivity contribution in [3.8, 4) is 0 Å². The third-order valence-electron chi connectivity index (χ3n) is 4.40. The summed E-state index contributed by atoms with van der Waals surface area (Å²) >= 11 is 0. The molecule has 1 aromatic rings. The number of rotatable bonds is 9. The highest BCUT2D eigenvalue weighted by Gasteiger charge is 2.25. The molecule has 0 saturated heterocycles. The first kappa shape index (κ1) is 19.2. The zero-order valence-electron chi connectivity index (χ0n) is 15.6. The minimum absolute atomic E-state index is 0.367. The minimum Gasteiger partial charge on any atom is -0.377 e. The molecule has 0 fully saturated rings. The summed E-state index contributed by atoms with van der Waals surface area (Å²) in [5, 5.41) is 0. The second kappa shape index (κ2) is 9.35. The van der Waals surface area contributed by atoms with Crippen molar-refractivity contribution in [2.45, 2.75) is 73.8 Å². The molecule has 0 aromatic heterocycles. The van der Waals surface area contributed by atoms with Crippen LogP contribution in [0.15, 0.2) is 24.3 Å². The van der Waals surface area contributed by atoms with Gasteiger partial charge in [0.25, 0.3) is 0 Å². The lowest BCUT2D eigenvalue weighted by atomic mass is 9.73. The second-order valence-corrected chi connectivity index (χ2v) is 8.12. The van der Waals surface area contributed by atoms with E-state index < -0.39 is 0 Å². The van der Waals surface area contributed by atoms with Crippen LogP contribution in [0.25, 0.3) is 0 Å². The molecule has 0 heterocycles. The Kier molecular flexibility index (Phi) is 8.17. The summed E-state index contributed by atoms with van der Waals surface area (Å²) in [6.07, 6.45) is 4.83. The predicted octanol–water partition coefficient (Wildman–Crippen LogP) is 6.25. The van der Waals surface area contributed by atoms with E-state index in [9.17, 15) is 0 Å². The van der Waals surface area contributed by atoms with E-state index in [1.807, 2.05) is 0 Å². The van der Waals surface area contributed by atoms with Gasteiger partial charge in [0.2, 0.25) is 0 Å². The molecular weight excluding hydrogens is 268 g/mol. The first-order valence-electron chi connectivity index (χ1n) is 8.98. The summed E-state index contributed by atoms with van der Waals surface area (Å²) in [7, 11) is 0. The van der Waals surface area contributed by atoms with Crippen molar-refractivity contribution in [3.05, 3.63) is 35.4 Å². The number of benzene rings is 1. The largest absolute Gasteiger partial charge is 0.377 e. The quantitative estimate of drug-likeness (QED) is 0.490. The normalized spacial score (nSPS) is 13.6. The van der Waals surface area contributed by atoms with Crippen LogP contribution in [0.3, 0.4) is 0 Å². The van der Waals surface area contributed by atoms with Crippen LogP contribution in [-0.4, -0.2) is 6.61 Å². The lowest BCUT2D eigenvalue weighted by Gasteiger charge is -2.32. The molecule has 0 amide bonds. The van der Waals surface area contributed by atoms with Crippen molar-refractivity contribution >= 4 is 0 Å². The monoisotopic (exact) mass is 304 g/mol. The number of unbranched alkanes of at least 4 members (excludes halogenated alkanes) is 1. The van der Waals surface area contributed by atoms with E-state index in [4.69, 9.17) is 4.74 Å². The fourth-order valence-electron chi connectivity index (χ4n) is 2.80. The third-order valence-corrected chi connectivity index (χ3v) is 4.40. The average molecular weight is 305 g/mol. The standard InChI is InChI=1S/C21H36O/c1-7-8-13-22-16-19-11-9-18(10-12-19)15-20(14-17(2)3)21(4,5)6/h9-12,17,20H,7-8,13-16H2,1-6H3. The van der Waals surface area contributed by atoms with Gasteiger partial charge >= 0.3 is 0 Å². The molecule has 1 atom stereocenters. The van der Waals surface area contributed by atoms with Crippen molar-refractivity contribution in [2.24, 2.45) is 17.3 Å². The van der Waals surface area contributed by atoms with Crippen molar-refractivity contribution in [1.29, 1.82) is 0 Å². The van der Waals surface area contributed by atoms with Crippen molar-refractivity contribution in [1.82, 2.24) is 0 Å². The molecule has 0 N–H and O–H groups in total. The van der Waals surface area contributed by atoms with Crippen LogP contribution in [0.5, 0.6) is 0 Å². The van der Waals surface area contributed by atoms with E-state index in [2.05, 4.69) is 65.8 Å². The maximum atomic E-state index is 5.69. The van der Waals surface area contributed by atoms with E-state index in [0.29, 0.717) is 5.41 Å². The summed E-state index contributed by atoms with van der Waals surface area (Å²) in [6, 6.07) is 9.04. The molecule has 1 aromatic carbocycles. The SMILES string of the molecule is CCCCOCc1ccc(CC(CC(C)C)C(C)(C)C)cc1. The van der Waals surface area contributed by atoms with E-state index in [1.54, 1.807) is 0 Å². The van der Waals surface area contributed by atoms with Crippen LogP contribution in [0.2, 0.25) is 0 Å². The van der Waals surface area contributed by atoms with Crippen LogP contribution in [0.4, 0.5) is 0 Å². The molecule has 22 heavy (non-hydrogen) atoms. The van der Waals surface area contributed by atoms with Crippen LogP contribution in [-0.2, 0) is 17.8 Å². The summed E-state index contributed by atoms with van der Waals surface area (Å²) in [4.78, 5) is 0. The highest BCUT2D eigenvalue weighted by Crippen LogP contribution is 2.34. The number of hydrogen-bond acceptors (Lipinski definition) is 1. The van der Waals surface area contributed by atoms with E-state index >= 15 is 0 Å². The van der Waals surface area contributed by atoms with Gasteiger partial charge in [-0.15, -0.1) is 0 Å². The molecule has 0 aliphatic rings. The van der Waals surface area contributed by atoms with Crippen LogP contribution in [0.1, 0.15) is 71.9 Å². The molecule has 1 rings (SSSR count). The second-order valence-electron chi connectivity index (χ2n) is 8.12. The van der Waals surface area contributed by atoms with Gasteiger partial charge in [-0.2, -0.15) is 0 Å². The maximum Gasteiger partial charge on any atom is 0.0716 e. The van der Waals surface area contributed by atoms with Gasteiger partial charge in [-0.05, 0) is 47.6 Å². The average Bonchev–Trinajstić information content (AvgIpc) is 2.43. The Labute approximate surface area is 138 Å². The van der Waals surface area contributed by atoms with Gasteiger partial charge in [0.1, 0.15) is 0 Å². The van der Waals surface area contributed by atoms with Crippen LogP contribution in [0, 0.1) is 17.3 Å². The Hall–Kier alpha value is -0.820. The molecule has 0 bridgehead atoms. The molecular formula is C21H36O. The minimum atomic E-state index is 0.367. The highest BCUT2D eigenvalue weighted by atomic mass is 16.5. The smallest absolute Gasteiger partial charge is 0.0716 e. The van der Waals surface area contributed by atoms with Crippen LogP contribution < -0.4 is 0 Å². The van der Waals surface area contributed by atoms with Gasteiger partial charge in [0, 0.05) is 6.61 Å². The number of hydrogen-bond donors (Lipinski definition) is 0. The number of ether oxygens (including phenoxy) is 1. The van der Waals surface area contributed by atoms with Gasteiger partial charge in [-0.3, -0.25) is 0 Å². The third kappa shape index (κ3) is 7.45. The first-order chi connectivity index (χ1) is 10.3. The van der Waals surface area contributed by atoms with E-state index in [1.165, 1.54) is 30.4 Å². The van der Waals surface area contributed by atoms with Crippen LogP contribution >= 0.6 is 0 Å². The molecule has 0 aliphatic heterocycles. The summed E-state index contributed by atoms with van der Waals surface area (Å²) < 4.78 is 5.69. The fourth-order valence-corrected chi connectivity index (χ4v) is 2.80. The van der Waals surface area contributed by atoms with E-state index in [0.717, 1.165) is 31.5 Å². The summed E-state index contributed by atoms with van der Waals surface area (Å²) in [6.45, 7) is 15.6. The molecule has 126 valence electrons. The predicted molar refractivity (Wildman–Crippen MR) is 97.1 cm³/mol. The first-order valence-corrected chi connectivity index (χ1v) is 8.98. The molecule has 0 radical (unpaired) electrons. The Morgan fingerprint density at radius 3 is 2.09 bits per heavy atom. The Morgan fingerprint density at radius 1 is 1.00 bits per heavy atom. The van der Waals surface area contributed by atoms with Gasteiger partial charge in [0.15, 0.2) is 0 Å². The Bertz CT molecular complexity index is 397. The van der Waals surface area contributed by atoms with Crippen molar-refractivity contribution in [3.63, 3.8) is 0 Å². The Morgan fingerprint density at radius 2 is 1.59 bits per heavy atom. The lowest BCUT2D eigenvalue weighted by molar-refractivity contribution is 0.118. The maximum absolute atomic E-state index is 5.69. The fraction of sp³-hybridized carbons (Fsp3) is 0.714. The topological polar surface area (TPSA) is 9.23 Å². The summed E-state index contributed by atoms with van der Waals surface area (Å²) in [5.74, 6) is 1.50. The van der Waals surface area contributed by atoms with Gasteiger partial charge in [-0.1, -0.05) is 72.2 Å². The van der Waals surface area contributed by atoms with E-state index in [-0.39, 0.29) is 0 Å². The molecule has 0 saturated carbocycles. The lowest BCUT2D eigenvalue weighted by Crippen LogP contribution is -2.24. The zero-order chi connectivity index (χ0) is 16.6. The Balaban J connectivity index is 2.57. The highest BCUT2D eigenvalue weighted by molar-refractivity contribution is 5.22. The summed E-state index contributed by atoms with van der Waals surface area (Å²) in [5.41, 5.74) is 3.11. The zero-order valence-corrected chi connectivity index (χ0v) is 15.6. The van der Waals surface area contributed by atoms with Gasteiger partial charge < -0.3 is 4.74 Å².